The van der Waals surface area contributed by atoms with Gasteiger partial charge in [-0.3, -0.25) is 4.79 Å². The summed E-state index contributed by atoms with van der Waals surface area (Å²) in [6.07, 6.45) is 0. The number of carbonyl (C=O) groups excluding carboxylic acids is 1. The first-order valence-corrected chi connectivity index (χ1v) is 4.13. The van der Waals surface area contributed by atoms with Crippen molar-refractivity contribution in [1.29, 1.82) is 0 Å². The van der Waals surface area contributed by atoms with Crippen molar-refractivity contribution in [3.05, 3.63) is 28.7 Å². The fraction of sp³-hybridized carbons (Fsp3) is 0.125. The van der Waals surface area contributed by atoms with Gasteiger partial charge in [0.05, 0.1) is 0 Å². The van der Waals surface area contributed by atoms with E-state index in [0.29, 0.717) is 5.69 Å². The molecule has 1 N–H and O–H groups in total. The third-order valence-electron chi connectivity index (χ3n) is 1.25. The van der Waals surface area contributed by atoms with Crippen LogP contribution in [0, 0.1) is 0 Å². The van der Waals surface area contributed by atoms with E-state index in [9.17, 15) is 9.18 Å². The number of nitrogens with one attached hydrogen (secondary N) is 1. The van der Waals surface area contributed by atoms with E-state index >= 15 is 0 Å². The number of alkyl halides is 1. The van der Waals surface area contributed by atoms with Crippen LogP contribution in [0.3, 0.4) is 0 Å². The summed E-state index contributed by atoms with van der Waals surface area (Å²) in [5.41, 5.74) is 0.598. The van der Waals surface area contributed by atoms with Crippen LogP contribution >= 0.6 is 15.9 Å². The van der Waals surface area contributed by atoms with Gasteiger partial charge in [0, 0.05) is 10.2 Å². The molecule has 0 aliphatic carbocycles. The van der Waals surface area contributed by atoms with Crippen LogP contribution in [0.25, 0.3) is 0 Å². The molecular formula is C8H7BrFNO. The average Bonchev–Trinajstić information content (AvgIpc) is 2.09. The van der Waals surface area contributed by atoms with Crippen LogP contribution in [0.5, 0.6) is 0 Å². The lowest BCUT2D eigenvalue weighted by atomic mass is 10.3. The van der Waals surface area contributed by atoms with Gasteiger partial charge in [-0.05, 0) is 24.3 Å². The Morgan fingerprint density at radius 1 is 1.42 bits per heavy atom. The quantitative estimate of drug-likeness (QED) is 0.833. The standard InChI is InChI=1S/C8H7BrFNO/c9-6-1-3-7(4-2-6)11-8(12)5-10/h1-4H,5H2,(H,11,12). The zero-order valence-electron chi connectivity index (χ0n) is 6.18. The van der Waals surface area contributed by atoms with Gasteiger partial charge in [-0.25, -0.2) is 4.39 Å². The van der Waals surface area contributed by atoms with Crippen molar-refractivity contribution < 1.29 is 9.18 Å². The van der Waals surface area contributed by atoms with E-state index in [-0.39, 0.29) is 0 Å². The molecule has 0 radical (unpaired) electrons. The van der Waals surface area contributed by atoms with Crippen molar-refractivity contribution in [2.45, 2.75) is 0 Å². The van der Waals surface area contributed by atoms with E-state index in [1.807, 2.05) is 0 Å². The van der Waals surface area contributed by atoms with Gasteiger partial charge in [0.15, 0.2) is 6.67 Å². The van der Waals surface area contributed by atoms with Crippen molar-refractivity contribution in [2.24, 2.45) is 0 Å². The highest BCUT2D eigenvalue weighted by atomic mass is 79.9. The van der Waals surface area contributed by atoms with Crippen LogP contribution in [0.4, 0.5) is 10.1 Å². The zero-order valence-corrected chi connectivity index (χ0v) is 7.77. The number of amides is 1. The maximum atomic E-state index is 11.7. The first-order chi connectivity index (χ1) is 5.72. The molecule has 0 aromatic heterocycles. The lowest BCUT2D eigenvalue weighted by Gasteiger charge is -2.01. The predicted molar refractivity (Wildman–Crippen MR) is 48.7 cm³/mol. The lowest BCUT2D eigenvalue weighted by molar-refractivity contribution is -0.117. The maximum absolute atomic E-state index is 11.7. The number of hydrogen-bond acceptors (Lipinski definition) is 1. The maximum Gasteiger partial charge on any atom is 0.255 e. The molecule has 0 fully saturated rings. The summed E-state index contributed by atoms with van der Waals surface area (Å²) in [6.45, 7) is -0.990. The fourth-order valence-electron chi connectivity index (χ4n) is 0.728. The molecule has 0 heterocycles. The van der Waals surface area contributed by atoms with E-state index in [1.54, 1.807) is 24.3 Å². The number of hydrogen-bond donors (Lipinski definition) is 1. The number of rotatable bonds is 2. The van der Waals surface area contributed by atoms with Gasteiger partial charge >= 0.3 is 0 Å². The SMILES string of the molecule is O=C(CF)Nc1ccc(Br)cc1. The molecule has 0 unspecified atom stereocenters. The molecule has 1 aromatic rings. The number of benzene rings is 1. The summed E-state index contributed by atoms with van der Waals surface area (Å²) in [5, 5.41) is 2.38. The van der Waals surface area contributed by atoms with Crippen LogP contribution in [-0.4, -0.2) is 12.6 Å². The Kier molecular flexibility index (Phi) is 3.22. The molecule has 0 atom stereocenters. The van der Waals surface area contributed by atoms with Crippen molar-refractivity contribution in [1.82, 2.24) is 0 Å². The third kappa shape index (κ3) is 2.62. The third-order valence-corrected chi connectivity index (χ3v) is 1.78. The summed E-state index contributed by atoms with van der Waals surface area (Å²) in [6, 6.07) is 6.93. The van der Waals surface area contributed by atoms with E-state index in [1.165, 1.54) is 0 Å². The Morgan fingerprint density at radius 3 is 2.50 bits per heavy atom. The molecule has 0 spiro atoms. The summed E-state index contributed by atoms with van der Waals surface area (Å²) in [4.78, 5) is 10.6. The van der Waals surface area contributed by atoms with Crippen LogP contribution in [0.15, 0.2) is 28.7 Å². The van der Waals surface area contributed by atoms with Crippen molar-refractivity contribution in [3.8, 4) is 0 Å². The van der Waals surface area contributed by atoms with E-state index in [0.717, 1.165) is 4.47 Å². The highest BCUT2D eigenvalue weighted by Crippen LogP contribution is 2.13. The smallest absolute Gasteiger partial charge is 0.255 e. The number of carbonyl (C=O) groups is 1. The summed E-state index contributed by atoms with van der Waals surface area (Å²) >= 11 is 3.24. The molecule has 0 saturated carbocycles. The van der Waals surface area contributed by atoms with Crippen molar-refractivity contribution >= 4 is 27.5 Å². The monoisotopic (exact) mass is 231 g/mol. The second kappa shape index (κ2) is 4.21. The van der Waals surface area contributed by atoms with Gasteiger partial charge in [-0.2, -0.15) is 0 Å². The second-order valence-corrected chi connectivity index (χ2v) is 3.10. The lowest BCUT2D eigenvalue weighted by Crippen LogP contribution is -2.12. The molecule has 1 rings (SSSR count). The minimum atomic E-state index is -0.990. The predicted octanol–water partition coefficient (Wildman–Crippen LogP) is 2.36. The molecule has 1 amide bonds. The molecule has 1 aromatic carbocycles. The first kappa shape index (κ1) is 9.19. The van der Waals surface area contributed by atoms with Crippen molar-refractivity contribution in [3.63, 3.8) is 0 Å². The zero-order chi connectivity index (χ0) is 8.97. The second-order valence-electron chi connectivity index (χ2n) is 2.19. The Balaban J connectivity index is 2.64. The van der Waals surface area contributed by atoms with Crippen molar-refractivity contribution in [2.75, 3.05) is 12.0 Å². The minimum absolute atomic E-state index is 0.598. The summed E-state index contributed by atoms with van der Waals surface area (Å²) in [7, 11) is 0. The molecule has 4 heteroatoms. The molecule has 0 aliphatic rings. The minimum Gasteiger partial charge on any atom is -0.324 e. The Bertz CT molecular complexity index is 273. The van der Waals surface area contributed by atoms with Crippen LogP contribution in [0.2, 0.25) is 0 Å². The number of anilines is 1. The largest absolute Gasteiger partial charge is 0.324 e. The van der Waals surface area contributed by atoms with Gasteiger partial charge in [-0.1, -0.05) is 15.9 Å². The molecule has 2 nitrogen and oxygen atoms in total. The average molecular weight is 232 g/mol. The Hall–Kier alpha value is -0.900. The van der Waals surface area contributed by atoms with Crippen LogP contribution in [0.1, 0.15) is 0 Å². The molecule has 0 aliphatic heterocycles. The highest BCUT2D eigenvalue weighted by molar-refractivity contribution is 9.10. The molecule has 64 valence electrons. The Morgan fingerprint density at radius 2 is 2.00 bits per heavy atom. The highest BCUT2D eigenvalue weighted by Gasteiger charge is 1.99. The van der Waals surface area contributed by atoms with Gasteiger partial charge in [0.1, 0.15) is 0 Å². The van der Waals surface area contributed by atoms with E-state index < -0.39 is 12.6 Å². The van der Waals surface area contributed by atoms with Gasteiger partial charge < -0.3 is 5.32 Å². The fourth-order valence-corrected chi connectivity index (χ4v) is 0.992. The molecular weight excluding hydrogens is 225 g/mol. The topological polar surface area (TPSA) is 29.1 Å². The summed E-state index contributed by atoms with van der Waals surface area (Å²) in [5.74, 6) is -0.627. The van der Waals surface area contributed by atoms with E-state index in [2.05, 4.69) is 21.2 Å². The summed E-state index contributed by atoms with van der Waals surface area (Å²) < 4.78 is 12.6. The van der Waals surface area contributed by atoms with Gasteiger partial charge in [0.2, 0.25) is 0 Å². The van der Waals surface area contributed by atoms with Gasteiger partial charge in [0.25, 0.3) is 5.91 Å². The molecule has 0 saturated heterocycles. The van der Waals surface area contributed by atoms with E-state index in [4.69, 9.17) is 0 Å². The Labute approximate surface area is 77.9 Å². The van der Waals surface area contributed by atoms with Crippen LogP contribution < -0.4 is 5.32 Å². The first-order valence-electron chi connectivity index (χ1n) is 3.34. The molecule has 0 bridgehead atoms. The molecule has 12 heavy (non-hydrogen) atoms. The van der Waals surface area contributed by atoms with Crippen LogP contribution in [-0.2, 0) is 4.79 Å². The number of halogens is 2. The van der Waals surface area contributed by atoms with Gasteiger partial charge in [-0.15, -0.1) is 0 Å². The normalized spacial score (nSPS) is 9.50.